The van der Waals surface area contributed by atoms with Gasteiger partial charge < -0.3 is 14.9 Å². The molecule has 1 unspecified atom stereocenters. The first-order chi connectivity index (χ1) is 9.04. The third-order valence-electron chi connectivity index (χ3n) is 2.75. The summed E-state index contributed by atoms with van der Waals surface area (Å²) in [4.78, 5) is 10.4. The molecule has 5 heteroatoms. The van der Waals surface area contributed by atoms with Gasteiger partial charge in [0.1, 0.15) is 5.75 Å². The second-order valence-corrected chi connectivity index (χ2v) is 5.19. The van der Waals surface area contributed by atoms with E-state index in [2.05, 4.69) is 15.9 Å². The lowest BCUT2D eigenvalue weighted by atomic mass is 10.0. The molecular weight excluding hydrogens is 312 g/mol. The van der Waals surface area contributed by atoms with Crippen LogP contribution in [-0.2, 0) is 4.79 Å². The fourth-order valence-corrected chi connectivity index (χ4v) is 2.21. The maximum absolute atomic E-state index is 10.4. The quantitative estimate of drug-likeness (QED) is 0.715. The van der Waals surface area contributed by atoms with E-state index in [1.807, 2.05) is 25.1 Å². The van der Waals surface area contributed by atoms with Crippen LogP contribution in [0.5, 0.6) is 5.75 Å². The molecule has 1 aromatic carbocycles. The lowest BCUT2D eigenvalue weighted by molar-refractivity contribution is -0.137. The van der Waals surface area contributed by atoms with Gasteiger partial charge in [0.2, 0.25) is 0 Å². The fraction of sp³-hybridized carbons (Fsp3) is 0.500. The Bertz CT molecular complexity index is 420. The first-order valence-corrected chi connectivity index (χ1v) is 7.16. The standard InChI is InChI=1S/C14H19BrO4/c1-2-19-13-8-7-10(15)9-11(13)12(16)5-3-4-6-14(17)18/h7-9,12,16H,2-6H2,1H3,(H,17,18). The zero-order valence-corrected chi connectivity index (χ0v) is 12.5. The molecule has 2 N–H and O–H groups in total. The zero-order chi connectivity index (χ0) is 14.3. The Kier molecular flexibility index (Phi) is 6.87. The van der Waals surface area contributed by atoms with Gasteiger partial charge in [-0.3, -0.25) is 4.79 Å². The van der Waals surface area contributed by atoms with Crippen molar-refractivity contribution in [2.24, 2.45) is 0 Å². The normalized spacial score (nSPS) is 12.2. The molecule has 0 fully saturated rings. The molecule has 0 amide bonds. The Morgan fingerprint density at radius 1 is 1.42 bits per heavy atom. The highest BCUT2D eigenvalue weighted by atomic mass is 79.9. The smallest absolute Gasteiger partial charge is 0.303 e. The molecule has 1 rings (SSSR count). The molecule has 0 aliphatic rings. The second kappa shape index (κ2) is 8.17. The van der Waals surface area contributed by atoms with E-state index in [-0.39, 0.29) is 6.42 Å². The summed E-state index contributed by atoms with van der Waals surface area (Å²) in [6.45, 7) is 2.44. The number of hydrogen-bond donors (Lipinski definition) is 2. The summed E-state index contributed by atoms with van der Waals surface area (Å²) in [6.07, 6.45) is 1.29. The number of carbonyl (C=O) groups is 1. The summed E-state index contributed by atoms with van der Waals surface area (Å²) in [7, 11) is 0. The Morgan fingerprint density at radius 3 is 2.79 bits per heavy atom. The molecule has 19 heavy (non-hydrogen) atoms. The summed E-state index contributed by atoms with van der Waals surface area (Å²) in [5, 5.41) is 18.7. The minimum atomic E-state index is -0.799. The third-order valence-corrected chi connectivity index (χ3v) is 3.24. The molecule has 106 valence electrons. The van der Waals surface area contributed by atoms with Crippen molar-refractivity contribution in [1.29, 1.82) is 0 Å². The Labute approximate surface area is 121 Å². The number of carboxylic acids is 1. The average molecular weight is 331 g/mol. The predicted molar refractivity (Wildman–Crippen MR) is 76.4 cm³/mol. The number of ether oxygens (including phenoxy) is 1. The van der Waals surface area contributed by atoms with Gasteiger partial charge in [-0.15, -0.1) is 0 Å². The number of aliphatic carboxylic acids is 1. The summed E-state index contributed by atoms with van der Waals surface area (Å²) < 4.78 is 6.37. The molecule has 0 heterocycles. The lowest BCUT2D eigenvalue weighted by Crippen LogP contribution is -2.03. The van der Waals surface area contributed by atoms with E-state index >= 15 is 0 Å². The first-order valence-electron chi connectivity index (χ1n) is 6.36. The van der Waals surface area contributed by atoms with E-state index in [1.165, 1.54) is 0 Å². The number of benzene rings is 1. The molecule has 0 spiro atoms. The first kappa shape index (κ1) is 16.0. The molecular formula is C14H19BrO4. The third kappa shape index (κ3) is 5.61. The zero-order valence-electron chi connectivity index (χ0n) is 10.9. The summed E-state index contributed by atoms with van der Waals surface area (Å²) >= 11 is 3.37. The number of rotatable bonds is 8. The van der Waals surface area contributed by atoms with Crippen LogP contribution in [0.1, 0.15) is 44.3 Å². The molecule has 0 bridgehead atoms. The summed E-state index contributed by atoms with van der Waals surface area (Å²) in [5.74, 6) is -0.122. The molecule has 1 aromatic rings. The van der Waals surface area contributed by atoms with Gasteiger partial charge in [-0.05, 0) is 44.4 Å². The van der Waals surface area contributed by atoms with Gasteiger partial charge in [-0.1, -0.05) is 15.9 Å². The summed E-state index contributed by atoms with van der Waals surface area (Å²) in [6, 6.07) is 5.53. The van der Waals surface area contributed by atoms with E-state index in [1.54, 1.807) is 0 Å². The Balaban J connectivity index is 2.61. The molecule has 0 aliphatic carbocycles. The van der Waals surface area contributed by atoms with Crippen LogP contribution in [0.2, 0.25) is 0 Å². The largest absolute Gasteiger partial charge is 0.493 e. The molecule has 0 aromatic heterocycles. The highest BCUT2D eigenvalue weighted by molar-refractivity contribution is 9.10. The highest BCUT2D eigenvalue weighted by Crippen LogP contribution is 2.31. The second-order valence-electron chi connectivity index (χ2n) is 4.27. The lowest BCUT2D eigenvalue weighted by Gasteiger charge is -2.16. The minimum Gasteiger partial charge on any atom is -0.493 e. The Morgan fingerprint density at radius 2 is 2.16 bits per heavy atom. The SMILES string of the molecule is CCOc1ccc(Br)cc1C(O)CCCCC(=O)O. The van der Waals surface area contributed by atoms with Crippen molar-refractivity contribution >= 4 is 21.9 Å². The van der Waals surface area contributed by atoms with E-state index in [9.17, 15) is 9.90 Å². The van der Waals surface area contributed by atoms with Crippen molar-refractivity contribution in [3.8, 4) is 5.75 Å². The van der Waals surface area contributed by atoms with Crippen LogP contribution in [0.3, 0.4) is 0 Å². The number of carboxylic acid groups (broad SMARTS) is 1. The monoisotopic (exact) mass is 330 g/mol. The van der Waals surface area contributed by atoms with Gasteiger partial charge in [-0.25, -0.2) is 0 Å². The molecule has 4 nitrogen and oxygen atoms in total. The van der Waals surface area contributed by atoms with Crippen molar-refractivity contribution in [3.05, 3.63) is 28.2 Å². The number of unbranched alkanes of at least 4 members (excludes halogenated alkanes) is 1. The average Bonchev–Trinajstić information content (AvgIpc) is 2.36. The summed E-state index contributed by atoms with van der Waals surface area (Å²) in [5.41, 5.74) is 0.742. The number of aliphatic hydroxyl groups excluding tert-OH is 1. The van der Waals surface area contributed by atoms with Gasteiger partial charge in [0.05, 0.1) is 12.7 Å². The van der Waals surface area contributed by atoms with Gasteiger partial charge >= 0.3 is 5.97 Å². The highest BCUT2D eigenvalue weighted by Gasteiger charge is 2.14. The van der Waals surface area contributed by atoms with E-state index in [0.29, 0.717) is 31.6 Å². The van der Waals surface area contributed by atoms with Crippen molar-refractivity contribution in [2.45, 2.75) is 38.7 Å². The van der Waals surface area contributed by atoms with Crippen LogP contribution in [0.25, 0.3) is 0 Å². The molecule has 1 atom stereocenters. The molecule has 0 saturated heterocycles. The molecule has 0 radical (unpaired) electrons. The maximum atomic E-state index is 10.4. The predicted octanol–water partition coefficient (Wildman–Crippen LogP) is 3.53. The molecule has 0 saturated carbocycles. The van der Waals surface area contributed by atoms with E-state index in [4.69, 9.17) is 9.84 Å². The van der Waals surface area contributed by atoms with Crippen LogP contribution in [0.4, 0.5) is 0 Å². The number of halogens is 1. The maximum Gasteiger partial charge on any atom is 0.303 e. The van der Waals surface area contributed by atoms with Crippen molar-refractivity contribution in [3.63, 3.8) is 0 Å². The van der Waals surface area contributed by atoms with Gasteiger partial charge in [-0.2, -0.15) is 0 Å². The fourth-order valence-electron chi connectivity index (χ4n) is 1.84. The van der Waals surface area contributed by atoms with Crippen molar-refractivity contribution in [1.82, 2.24) is 0 Å². The van der Waals surface area contributed by atoms with Crippen molar-refractivity contribution < 1.29 is 19.7 Å². The van der Waals surface area contributed by atoms with Crippen LogP contribution in [0, 0.1) is 0 Å². The van der Waals surface area contributed by atoms with Crippen LogP contribution < -0.4 is 4.74 Å². The van der Waals surface area contributed by atoms with Crippen molar-refractivity contribution in [2.75, 3.05) is 6.61 Å². The molecule has 0 aliphatic heterocycles. The van der Waals surface area contributed by atoms with Gasteiger partial charge in [0.15, 0.2) is 0 Å². The van der Waals surface area contributed by atoms with E-state index < -0.39 is 12.1 Å². The topological polar surface area (TPSA) is 66.8 Å². The van der Waals surface area contributed by atoms with Gasteiger partial charge in [0, 0.05) is 16.5 Å². The Hall–Kier alpha value is -1.07. The number of aliphatic hydroxyl groups is 1. The van der Waals surface area contributed by atoms with Gasteiger partial charge in [0.25, 0.3) is 0 Å². The van der Waals surface area contributed by atoms with E-state index in [0.717, 1.165) is 10.0 Å². The van der Waals surface area contributed by atoms with Crippen LogP contribution in [-0.4, -0.2) is 22.8 Å². The van der Waals surface area contributed by atoms with Crippen LogP contribution in [0.15, 0.2) is 22.7 Å². The van der Waals surface area contributed by atoms with Crippen LogP contribution >= 0.6 is 15.9 Å². The minimum absolute atomic E-state index is 0.142. The number of hydrogen-bond acceptors (Lipinski definition) is 3.